The fraction of sp³-hybridized carbons (Fsp3) is 0.381. The maximum absolute atomic E-state index is 12.1. The Hall–Kier alpha value is -2.73. The molecule has 0 spiro atoms. The van der Waals surface area contributed by atoms with Crippen molar-refractivity contribution in [3.05, 3.63) is 63.8 Å². The Morgan fingerprint density at radius 1 is 0.963 bits per heavy atom. The molecule has 0 atom stereocenters. The standard InChI is InChI=1S/C21H22N4O2/c26-20-13-17(18-11-15-3-1-4-16(15)12-19(18)27-20)14-24-7-9-25(10-8-24)21-22-5-2-6-23-21/h2,5-6,11-13H,1,3-4,7-10,14H2. The minimum absolute atomic E-state index is 0.258. The van der Waals surface area contributed by atoms with E-state index in [2.05, 4.69) is 31.9 Å². The zero-order valence-electron chi connectivity index (χ0n) is 15.2. The Kier molecular flexibility index (Phi) is 4.13. The molecule has 138 valence electrons. The number of hydrogen-bond donors (Lipinski definition) is 0. The van der Waals surface area contributed by atoms with Crippen LogP contribution in [0.5, 0.6) is 0 Å². The fourth-order valence-electron chi connectivity index (χ4n) is 4.23. The van der Waals surface area contributed by atoms with Crippen LogP contribution in [0.3, 0.4) is 0 Å². The third-order valence-electron chi connectivity index (χ3n) is 5.64. The van der Waals surface area contributed by atoms with Gasteiger partial charge in [0, 0.05) is 56.6 Å². The lowest BCUT2D eigenvalue weighted by molar-refractivity contribution is 0.249. The van der Waals surface area contributed by atoms with E-state index in [9.17, 15) is 4.79 Å². The molecule has 5 rings (SSSR count). The lowest BCUT2D eigenvalue weighted by Gasteiger charge is -2.34. The number of aromatic nitrogens is 2. The minimum atomic E-state index is -0.258. The van der Waals surface area contributed by atoms with Crippen molar-refractivity contribution >= 4 is 16.9 Å². The molecule has 3 heterocycles. The molecule has 0 amide bonds. The third kappa shape index (κ3) is 3.21. The lowest BCUT2D eigenvalue weighted by Crippen LogP contribution is -2.46. The summed E-state index contributed by atoms with van der Waals surface area (Å²) in [6.45, 7) is 4.39. The number of hydrogen-bond acceptors (Lipinski definition) is 6. The van der Waals surface area contributed by atoms with Crippen LogP contribution >= 0.6 is 0 Å². The molecule has 2 aliphatic rings. The maximum atomic E-state index is 12.1. The molecule has 3 aromatic rings. The highest BCUT2D eigenvalue weighted by Gasteiger charge is 2.21. The molecule has 0 N–H and O–H groups in total. The van der Waals surface area contributed by atoms with Gasteiger partial charge in [-0.15, -0.1) is 0 Å². The summed E-state index contributed by atoms with van der Waals surface area (Å²) >= 11 is 0. The van der Waals surface area contributed by atoms with Gasteiger partial charge in [0.1, 0.15) is 5.58 Å². The van der Waals surface area contributed by atoms with E-state index in [0.717, 1.165) is 68.0 Å². The molecule has 1 aromatic carbocycles. The van der Waals surface area contributed by atoms with E-state index in [1.165, 1.54) is 17.5 Å². The summed E-state index contributed by atoms with van der Waals surface area (Å²) in [5, 5.41) is 1.09. The summed E-state index contributed by atoms with van der Waals surface area (Å²) in [6.07, 6.45) is 6.96. The van der Waals surface area contributed by atoms with Gasteiger partial charge in [0.05, 0.1) is 0 Å². The Bertz CT molecular complexity index is 1020. The number of piperazine rings is 1. The Morgan fingerprint density at radius 3 is 2.48 bits per heavy atom. The number of rotatable bonds is 3. The summed E-state index contributed by atoms with van der Waals surface area (Å²) in [6, 6.07) is 7.82. The van der Waals surface area contributed by atoms with Crippen molar-refractivity contribution in [2.24, 2.45) is 0 Å². The molecule has 1 saturated heterocycles. The normalized spacial score (nSPS) is 17.4. The van der Waals surface area contributed by atoms with E-state index in [1.54, 1.807) is 18.5 Å². The van der Waals surface area contributed by atoms with E-state index in [-0.39, 0.29) is 5.63 Å². The third-order valence-corrected chi connectivity index (χ3v) is 5.64. The van der Waals surface area contributed by atoms with Crippen LogP contribution in [-0.4, -0.2) is 41.0 Å². The van der Waals surface area contributed by atoms with Gasteiger partial charge in [-0.25, -0.2) is 14.8 Å². The van der Waals surface area contributed by atoms with E-state index in [4.69, 9.17) is 4.42 Å². The van der Waals surface area contributed by atoms with Gasteiger partial charge in [-0.1, -0.05) is 0 Å². The molecule has 1 aliphatic heterocycles. The predicted octanol–water partition coefficient (Wildman–Crippen LogP) is 2.39. The first-order chi connectivity index (χ1) is 13.3. The first kappa shape index (κ1) is 16.4. The molecule has 0 saturated carbocycles. The highest BCUT2D eigenvalue weighted by Crippen LogP contribution is 2.29. The minimum Gasteiger partial charge on any atom is -0.423 e. The second-order valence-corrected chi connectivity index (χ2v) is 7.37. The Labute approximate surface area is 157 Å². The van der Waals surface area contributed by atoms with Crippen LogP contribution < -0.4 is 10.5 Å². The lowest BCUT2D eigenvalue weighted by atomic mass is 10.0. The Balaban J connectivity index is 1.37. The molecule has 6 nitrogen and oxygen atoms in total. The quantitative estimate of drug-likeness (QED) is 0.667. The maximum Gasteiger partial charge on any atom is 0.336 e. The summed E-state index contributed by atoms with van der Waals surface area (Å²) in [5.41, 5.74) is 4.28. The van der Waals surface area contributed by atoms with Crippen molar-refractivity contribution in [1.82, 2.24) is 14.9 Å². The molecule has 0 radical (unpaired) electrons. The summed E-state index contributed by atoms with van der Waals surface area (Å²) in [5.74, 6) is 0.790. The molecule has 6 heteroatoms. The van der Waals surface area contributed by atoms with Crippen LogP contribution in [0.15, 0.2) is 45.9 Å². The van der Waals surface area contributed by atoms with Crippen LogP contribution in [0, 0.1) is 0 Å². The monoisotopic (exact) mass is 362 g/mol. The van der Waals surface area contributed by atoms with Gasteiger partial charge in [-0.3, -0.25) is 4.90 Å². The molecular formula is C21H22N4O2. The van der Waals surface area contributed by atoms with E-state index < -0.39 is 0 Å². The van der Waals surface area contributed by atoms with Crippen molar-refractivity contribution in [2.45, 2.75) is 25.8 Å². The second kappa shape index (κ2) is 6.78. The predicted molar refractivity (Wildman–Crippen MR) is 104 cm³/mol. The van der Waals surface area contributed by atoms with Crippen molar-refractivity contribution in [3.63, 3.8) is 0 Å². The van der Waals surface area contributed by atoms with E-state index >= 15 is 0 Å². The zero-order valence-corrected chi connectivity index (χ0v) is 15.2. The summed E-state index contributed by atoms with van der Waals surface area (Å²) in [4.78, 5) is 25.4. The average molecular weight is 362 g/mol. The number of fused-ring (bicyclic) bond motifs is 2. The van der Waals surface area contributed by atoms with E-state index in [1.807, 2.05) is 6.07 Å². The van der Waals surface area contributed by atoms with Crippen molar-refractivity contribution < 1.29 is 4.42 Å². The van der Waals surface area contributed by atoms with Gasteiger partial charge < -0.3 is 9.32 Å². The van der Waals surface area contributed by atoms with Crippen LogP contribution in [-0.2, 0) is 19.4 Å². The van der Waals surface area contributed by atoms with Gasteiger partial charge in [0.15, 0.2) is 0 Å². The van der Waals surface area contributed by atoms with Crippen molar-refractivity contribution in [1.29, 1.82) is 0 Å². The van der Waals surface area contributed by atoms with Crippen molar-refractivity contribution in [2.75, 3.05) is 31.1 Å². The first-order valence-electron chi connectivity index (χ1n) is 9.59. The highest BCUT2D eigenvalue weighted by molar-refractivity contribution is 5.82. The topological polar surface area (TPSA) is 62.5 Å². The molecule has 1 fully saturated rings. The van der Waals surface area contributed by atoms with Gasteiger partial charge in [0.25, 0.3) is 0 Å². The van der Waals surface area contributed by atoms with Crippen LogP contribution in [0.2, 0.25) is 0 Å². The molecular weight excluding hydrogens is 340 g/mol. The van der Waals surface area contributed by atoms with E-state index in [0.29, 0.717) is 0 Å². The largest absolute Gasteiger partial charge is 0.423 e. The van der Waals surface area contributed by atoms with Crippen molar-refractivity contribution in [3.8, 4) is 0 Å². The summed E-state index contributed by atoms with van der Waals surface area (Å²) in [7, 11) is 0. The van der Waals surface area contributed by atoms with Crippen LogP contribution in [0.1, 0.15) is 23.1 Å². The number of anilines is 1. The highest BCUT2D eigenvalue weighted by atomic mass is 16.4. The fourth-order valence-corrected chi connectivity index (χ4v) is 4.23. The molecule has 0 unspecified atom stereocenters. The SMILES string of the molecule is O=c1cc(CN2CCN(c3ncccn3)CC2)c2cc3c(cc2o1)CCC3. The molecule has 1 aliphatic carbocycles. The molecule has 0 bridgehead atoms. The molecule has 2 aromatic heterocycles. The number of benzene rings is 1. The van der Waals surface area contributed by atoms with Crippen LogP contribution in [0.25, 0.3) is 11.0 Å². The van der Waals surface area contributed by atoms with Gasteiger partial charge in [-0.05, 0) is 54.2 Å². The second-order valence-electron chi connectivity index (χ2n) is 7.37. The average Bonchev–Trinajstić information content (AvgIpc) is 3.15. The number of aryl methyl sites for hydroxylation is 2. The Morgan fingerprint density at radius 2 is 1.70 bits per heavy atom. The van der Waals surface area contributed by atoms with Gasteiger partial charge >= 0.3 is 5.63 Å². The first-order valence-corrected chi connectivity index (χ1v) is 9.59. The van der Waals surface area contributed by atoms with Gasteiger partial charge in [-0.2, -0.15) is 0 Å². The number of nitrogens with zero attached hydrogens (tertiary/aromatic N) is 4. The summed E-state index contributed by atoms with van der Waals surface area (Å²) < 4.78 is 5.49. The van der Waals surface area contributed by atoms with Crippen LogP contribution in [0.4, 0.5) is 5.95 Å². The smallest absolute Gasteiger partial charge is 0.336 e. The molecule has 27 heavy (non-hydrogen) atoms. The zero-order chi connectivity index (χ0) is 18.2. The van der Waals surface area contributed by atoms with Gasteiger partial charge in [0.2, 0.25) is 5.95 Å².